The number of phenolic OH excluding ortho intramolecular Hbond substituents is 1. The summed E-state index contributed by atoms with van der Waals surface area (Å²) >= 11 is 0. The second kappa shape index (κ2) is 8.32. The van der Waals surface area contributed by atoms with Gasteiger partial charge in [-0.3, -0.25) is 4.79 Å². The molecule has 2 rings (SSSR count). The predicted octanol–water partition coefficient (Wildman–Crippen LogP) is 0.776. The summed E-state index contributed by atoms with van der Waals surface area (Å²) in [7, 11) is 0. The van der Waals surface area contributed by atoms with Crippen molar-refractivity contribution in [1.82, 2.24) is 5.32 Å². The van der Waals surface area contributed by atoms with E-state index in [9.17, 15) is 24.6 Å². The largest absolute Gasteiger partial charge is 0.550 e. The maximum absolute atomic E-state index is 12.1. The second-order valence-electron chi connectivity index (χ2n) is 5.89. The van der Waals surface area contributed by atoms with Crippen molar-refractivity contribution < 1.29 is 24.2 Å². The van der Waals surface area contributed by atoms with Gasteiger partial charge in [-0.05, 0) is 43.9 Å². The molecule has 134 valence electrons. The lowest BCUT2D eigenvalue weighted by atomic mass is 10.0. The summed E-state index contributed by atoms with van der Waals surface area (Å²) in [6, 6.07) is 4.39. The quantitative estimate of drug-likeness (QED) is 0.538. The number of amides is 1. The maximum atomic E-state index is 12.1. The van der Waals surface area contributed by atoms with Crippen molar-refractivity contribution in [1.29, 1.82) is 0 Å². The molecule has 1 aromatic heterocycles. The lowest BCUT2D eigenvalue weighted by Gasteiger charge is -2.09. The van der Waals surface area contributed by atoms with Crippen LogP contribution in [0.15, 0.2) is 27.4 Å². The van der Waals surface area contributed by atoms with Crippen LogP contribution in [0.4, 0.5) is 0 Å². The third-order valence-corrected chi connectivity index (χ3v) is 3.95. The van der Waals surface area contributed by atoms with E-state index in [-0.39, 0.29) is 30.1 Å². The molecule has 0 atom stereocenters. The van der Waals surface area contributed by atoms with Crippen LogP contribution in [-0.4, -0.2) is 23.5 Å². The van der Waals surface area contributed by atoms with Crippen molar-refractivity contribution in [3.8, 4) is 5.75 Å². The van der Waals surface area contributed by atoms with Crippen LogP contribution in [0.5, 0.6) is 5.75 Å². The summed E-state index contributed by atoms with van der Waals surface area (Å²) < 4.78 is 5.14. The summed E-state index contributed by atoms with van der Waals surface area (Å²) in [5.74, 6) is -1.29. The molecule has 0 saturated carbocycles. The number of benzene rings is 1. The van der Waals surface area contributed by atoms with E-state index in [1.165, 1.54) is 12.1 Å². The zero-order valence-electron chi connectivity index (χ0n) is 14.0. The predicted molar refractivity (Wildman–Crippen MR) is 89.1 cm³/mol. The Bertz CT molecular complexity index is 839. The zero-order chi connectivity index (χ0) is 18.4. The molecule has 0 aliphatic carbocycles. The van der Waals surface area contributed by atoms with Crippen molar-refractivity contribution >= 4 is 22.8 Å². The van der Waals surface area contributed by atoms with Crippen molar-refractivity contribution in [2.45, 2.75) is 39.0 Å². The number of carbonyl (C=O) groups excluding carboxylic acids is 2. The number of fused-ring (bicyclic) bond motifs is 1. The molecule has 0 fully saturated rings. The zero-order valence-corrected chi connectivity index (χ0v) is 14.0. The first-order valence-corrected chi connectivity index (χ1v) is 8.10. The van der Waals surface area contributed by atoms with E-state index in [1.54, 1.807) is 13.0 Å². The highest BCUT2D eigenvalue weighted by Gasteiger charge is 2.13. The van der Waals surface area contributed by atoms with Crippen molar-refractivity contribution in [2.24, 2.45) is 0 Å². The highest BCUT2D eigenvalue weighted by Crippen LogP contribution is 2.27. The fourth-order valence-electron chi connectivity index (χ4n) is 2.60. The number of carbonyl (C=O) groups is 2. The number of hydrogen-bond donors (Lipinski definition) is 2. The van der Waals surface area contributed by atoms with Crippen LogP contribution >= 0.6 is 0 Å². The Morgan fingerprint density at radius 3 is 2.72 bits per heavy atom. The molecule has 0 unspecified atom stereocenters. The van der Waals surface area contributed by atoms with Crippen LogP contribution in [0, 0.1) is 6.92 Å². The summed E-state index contributed by atoms with van der Waals surface area (Å²) in [6.45, 7) is 2.07. The molecule has 0 aliphatic rings. The summed E-state index contributed by atoms with van der Waals surface area (Å²) in [4.78, 5) is 34.1. The minimum Gasteiger partial charge on any atom is -0.550 e. The lowest BCUT2D eigenvalue weighted by Crippen LogP contribution is -2.26. The van der Waals surface area contributed by atoms with Gasteiger partial charge in [-0.15, -0.1) is 0 Å². The Labute approximate surface area is 144 Å². The van der Waals surface area contributed by atoms with Crippen LogP contribution in [0.25, 0.3) is 11.0 Å². The third-order valence-electron chi connectivity index (χ3n) is 3.95. The van der Waals surface area contributed by atoms with Crippen molar-refractivity contribution in [3.05, 3.63) is 39.7 Å². The Balaban J connectivity index is 1.98. The molecular weight excluding hydrogens is 326 g/mol. The number of carboxylic acids is 1. The normalized spacial score (nSPS) is 10.8. The van der Waals surface area contributed by atoms with E-state index in [2.05, 4.69) is 5.32 Å². The van der Waals surface area contributed by atoms with E-state index in [1.807, 2.05) is 0 Å². The SMILES string of the molecule is Cc1c(O)ccc2c(CC(=O)NCCCCCC(=O)[O-])cc(=O)oc12. The number of hydrogen-bond acceptors (Lipinski definition) is 6. The lowest BCUT2D eigenvalue weighted by molar-refractivity contribution is -0.305. The van der Waals surface area contributed by atoms with E-state index in [0.717, 1.165) is 0 Å². The summed E-state index contributed by atoms with van der Waals surface area (Å²) in [5.41, 5.74) is 0.678. The van der Waals surface area contributed by atoms with Gasteiger partial charge in [0.1, 0.15) is 11.3 Å². The number of rotatable bonds is 8. The molecule has 1 amide bonds. The van der Waals surface area contributed by atoms with Crippen LogP contribution in [0.3, 0.4) is 0 Å². The minimum atomic E-state index is -1.07. The van der Waals surface area contributed by atoms with Gasteiger partial charge in [-0.25, -0.2) is 4.79 Å². The molecule has 1 aromatic carbocycles. The van der Waals surface area contributed by atoms with Crippen LogP contribution < -0.4 is 16.0 Å². The van der Waals surface area contributed by atoms with E-state index in [0.29, 0.717) is 42.3 Å². The van der Waals surface area contributed by atoms with E-state index in [4.69, 9.17) is 4.42 Å². The number of nitrogens with one attached hydrogen (secondary N) is 1. The van der Waals surface area contributed by atoms with Gasteiger partial charge in [-0.2, -0.15) is 0 Å². The number of carboxylic acid groups (broad SMARTS) is 1. The molecule has 0 spiro atoms. The Hall–Kier alpha value is -2.83. The molecular formula is C18H20NO6-. The van der Waals surface area contributed by atoms with Crippen LogP contribution in [-0.2, 0) is 16.0 Å². The van der Waals surface area contributed by atoms with Crippen LogP contribution in [0.1, 0.15) is 36.8 Å². The minimum absolute atomic E-state index is 0.0192. The average Bonchev–Trinajstić information content (AvgIpc) is 2.54. The van der Waals surface area contributed by atoms with Gasteiger partial charge in [-0.1, -0.05) is 6.42 Å². The van der Waals surface area contributed by atoms with E-state index < -0.39 is 11.6 Å². The molecule has 25 heavy (non-hydrogen) atoms. The smallest absolute Gasteiger partial charge is 0.336 e. The van der Waals surface area contributed by atoms with Gasteiger partial charge in [0.25, 0.3) is 0 Å². The number of aryl methyl sites for hydroxylation is 1. The van der Waals surface area contributed by atoms with Gasteiger partial charge in [0.15, 0.2) is 0 Å². The monoisotopic (exact) mass is 346 g/mol. The number of aromatic hydroxyl groups is 1. The maximum Gasteiger partial charge on any atom is 0.336 e. The van der Waals surface area contributed by atoms with Crippen molar-refractivity contribution in [3.63, 3.8) is 0 Å². The highest BCUT2D eigenvalue weighted by molar-refractivity contribution is 5.89. The molecule has 0 saturated heterocycles. The van der Waals surface area contributed by atoms with Gasteiger partial charge < -0.3 is 24.7 Å². The fraction of sp³-hybridized carbons (Fsp3) is 0.389. The fourth-order valence-corrected chi connectivity index (χ4v) is 2.60. The third kappa shape index (κ3) is 5.07. The number of unbranched alkanes of at least 4 members (excludes halogenated alkanes) is 2. The topological polar surface area (TPSA) is 120 Å². The van der Waals surface area contributed by atoms with Crippen molar-refractivity contribution in [2.75, 3.05) is 6.54 Å². The molecule has 1 heterocycles. The van der Waals surface area contributed by atoms with Gasteiger partial charge >= 0.3 is 5.63 Å². The first kappa shape index (κ1) is 18.5. The van der Waals surface area contributed by atoms with Gasteiger partial charge in [0.05, 0.1) is 6.42 Å². The molecule has 7 nitrogen and oxygen atoms in total. The molecule has 0 aliphatic heterocycles. The highest BCUT2D eigenvalue weighted by atomic mass is 16.4. The molecule has 2 aromatic rings. The molecule has 2 N–H and O–H groups in total. The number of aliphatic carboxylic acids is 1. The Kier molecular flexibility index (Phi) is 6.16. The van der Waals surface area contributed by atoms with Gasteiger partial charge in [0.2, 0.25) is 5.91 Å². The standard InChI is InChI=1S/C18H21NO6/c1-11-14(20)7-6-13-12(10-17(24)25-18(11)13)9-15(21)19-8-4-2-3-5-16(22)23/h6-7,10,20H,2-5,8-9H2,1H3,(H,19,21)(H,22,23)/p-1. The molecule has 7 heteroatoms. The van der Waals surface area contributed by atoms with Gasteiger partial charge in [0, 0.05) is 29.5 Å². The number of phenols is 1. The Morgan fingerprint density at radius 2 is 2.00 bits per heavy atom. The van der Waals surface area contributed by atoms with E-state index >= 15 is 0 Å². The summed E-state index contributed by atoms with van der Waals surface area (Å²) in [5, 5.41) is 23.4. The molecule has 0 radical (unpaired) electrons. The molecule has 0 bridgehead atoms. The first-order chi connectivity index (χ1) is 11.9. The second-order valence-corrected chi connectivity index (χ2v) is 5.89. The van der Waals surface area contributed by atoms with Crippen LogP contribution in [0.2, 0.25) is 0 Å². The Morgan fingerprint density at radius 1 is 1.24 bits per heavy atom. The average molecular weight is 346 g/mol. The summed E-state index contributed by atoms with van der Waals surface area (Å²) in [6.07, 6.45) is 1.91. The first-order valence-electron chi connectivity index (χ1n) is 8.10.